The SMILES string of the molecule is CC(C)Oc1ccc(-c2cc(-c3cccc4c3CCN(C)C4)[nH]n2)cc1C#N. The molecule has 1 aromatic heterocycles. The predicted octanol–water partition coefficient (Wildman–Crippen LogP) is 4.39. The lowest BCUT2D eigenvalue weighted by Gasteiger charge is -2.26. The van der Waals surface area contributed by atoms with Gasteiger partial charge in [0.25, 0.3) is 0 Å². The number of ether oxygens (including phenoxy) is 1. The van der Waals surface area contributed by atoms with Crippen LogP contribution in [0.5, 0.6) is 5.75 Å². The molecule has 28 heavy (non-hydrogen) atoms. The van der Waals surface area contributed by atoms with Crippen molar-refractivity contribution in [3.63, 3.8) is 0 Å². The Hall–Kier alpha value is -3.10. The van der Waals surface area contributed by atoms with Gasteiger partial charge in [0.1, 0.15) is 11.8 Å². The van der Waals surface area contributed by atoms with E-state index in [1.165, 1.54) is 16.7 Å². The minimum atomic E-state index is 0.0261. The van der Waals surface area contributed by atoms with Gasteiger partial charge in [-0.1, -0.05) is 18.2 Å². The predicted molar refractivity (Wildman–Crippen MR) is 110 cm³/mol. The molecule has 4 rings (SSSR count). The Morgan fingerprint density at radius 1 is 1.21 bits per heavy atom. The number of rotatable bonds is 4. The Kier molecular flexibility index (Phi) is 4.89. The Morgan fingerprint density at radius 3 is 2.86 bits per heavy atom. The first-order valence-corrected chi connectivity index (χ1v) is 9.61. The van der Waals surface area contributed by atoms with E-state index < -0.39 is 0 Å². The molecule has 0 saturated carbocycles. The molecule has 5 nitrogen and oxygen atoms in total. The van der Waals surface area contributed by atoms with Crippen LogP contribution in [-0.2, 0) is 13.0 Å². The third-order valence-corrected chi connectivity index (χ3v) is 5.08. The summed E-state index contributed by atoms with van der Waals surface area (Å²) in [5.74, 6) is 0.609. The second-order valence-electron chi connectivity index (χ2n) is 7.59. The van der Waals surface area contributed by atoms with Gasteiger partial charge < -0.3 is 9.64 Å². The maximum atomic E-state index is 9.48. The molecular formula is C23H24N4O. The van der Waals surface area contributed by atoms with Crippen LogP contribution in [0.2, 0.25) is 0 Å². The second kappa shape index (κ2) is 7.49. The molecule has 0 saturated heterocycles. The summed E-state index contributed by atoms with van der Waals surface area (Å²) in [6.45, 7) is 5.95. The fourth-order valence-electron chi connectivity index (χ4n) is 3.74. The van der Waals surface area contributed by atoms with Crippen molar-refractivity contribution < 1.29 is 4.74 Å². The molecule has 5 heteroatoms. The van der Waals surface area contributed by atoms with Gasteiger partial charge in [0.2, 0.25) is 0 Å². The minimum absolute atomic E-state index is 0.0261. The first-order valence-electron chi connectivity index (χ1n) is 9.61. The molecule has 0 aliphatic carbocycles. The minimum Gasteiger partial charge on any atom is -0.490 e. The van der Waals surface area contributed by atoms with Crippen LogP contribution in [0.4, 0.5) is 0 Å². The summed E-state index contributed by atoms with van der Waals surface area (Å²) in [6, 6.07) is 16.4. The number of aromatic amines is 1. The molecule has 2 aromatic carbocycles. The Morgan fingerprint density at radius 2 is 2.07 bits per heavy atom. The van der Waals surface area contributed by atoms with E-state index in [1.54, 1.807) is 0 Å². The fraction of sp³-hybridized carbons (Fsp3) is 0.304. The molecule has 0 amide bonds. The third-order valence-electron chi connectivity index (χ3n) is 5.08. The van der Waals surface area contributed by atoms with Gasteiger partial charge in [0, 0.05) is 24.2 Å². The molecule has 1 aliphatic rings. The van der Waals surface area contributed by atoms with Crippen molar-refractivity contribution in [1.29, 1.82) is 5.26 Å². The lowest BCUT2D eigenvalue weighted by Crippen LogP contribution is -2.26. The number of fused-ring (bicyclic) bond motifs is 1. The van der Waals surface area contributed by atoms with Crippen LogP contribution < -0.4 is 4.74 Å². The molecule has 1 N–H and O–H groups in total. The Labute approximate surface area is 165 Å². The summed E-state index contributed by atoms with van der Waals surface area (Å²) in [5.41, 5.74) is 7.25. The largest absolute Gasteiger partial charge is 0.490 e. The number of benzene rings is 2. The van der Waals surface area contributed by atoms with Crippen LogP contribution in [-0.4, -0.2) is 34.8 Å². The van der Waals surface area contributed by atoms with Gasteiger partial charge in [0.15, 0.2) is 0 Å². The number of hydrogen-bond donors (Lipinski definition) is 1. The number of hydrogen-bond acceptors (Lipinski definition) is 4. The van der Waals surface area contributed by atoms with Crippen molar-refractivity contribution >= 4 is 0 Å². The van der Waals surface area contributed by atoms with Gasteiger partial charge in [-0.25, -0.2) is 0 Å². The van der Waals surface area contributed by atoms with E-state index in [2.05, 4.69) is 52.5 Å². The van der Waals surface area contributed by atoms with Gasteiger partial charge in [-0.05, 0) is 62.7 Å². The van der Waals surface area contributed by atoms with E-state index in [1.807, 2.05) is 32.0 Å². The van der Waals surface area contributed by atoms with Gasteiger partial charge in [-0.2, -0.15) is 10.4 Å². The van der Waals surface area contributed by atoms with Crippen molar-refractivity contribution in [2.24, 2.45) is 0 Å². The Balaban J connectivity index is 1.68. The molecule has 0 fully saturated rings. The van der Waals surface area contributed by atoms with Crippen LogP contribution in [0.15, 0.2) is 42.5 Å². The molecule has 142 valence electrons. The molecule has 0 bridgehead atoms. The third kappa shape index (κ3) is 3.51. The van der Waals surface area contributed by atoms with E-state index in [4.69, 9.17) is 4.74 Å². The van der Waals surface area contributed by atoms with Gasteiger partial charge >= 0.3 is 0 Å². The maximum absolute atomic E-state index is 9.48. The van der Waals surface area contributed by atoms with Gasteiger partial charge in [-0.3, -0.25) is 5.10 Å². The molecular weight excluding hydrogens is 348 g/mol. The average molecular weight is 372 g/mol. The number of nitrogens with zero attached hydrogens (tertiary/aromatic N) is 3. The summed E-state index contributed by atoms with van der Waals surface area (Å²) in [7, 11) is 2.16. The summed E-state index contributed by atoms with van der Waals surface area (Å²) < 4.78 is 5.72. The summed E-state index contributed by atoms with van der Waals surface area (Å²) in [4.78, 5) is 2.34. The zero-order valence-electron chi connectivity index (χ0n) is 16.5. The number of aromatic nitrogens is 2. The van der Waals surface area contributed by atoms with E-state index in [0.717, 1.165) is 36.5 Å². The quantitative estimate of drug-likeness (QED) is 0.738. The van der Waals surface area contributed by atoms with Crippen molar-refractivity contribution in [3.05, 3.63) is 59.2 Å². The molecule has 3 aromatic rings. The molecule has 0 radical (unpaired) electrons. The van der Waals surface area contributed by atoms with Crippen LogP contribution in [0.25, 0.3) is 22.5 Å². The maximum Gasteiger partial charge on any atom is 0.137 e. The zero-order chi connectivity index (χ0) is 19.7. The first-order chi connectivity index (χ1) is 13.5. The molecule has 1 aliphatic heterocycles. The number of nitriles is 1. The summed E-state index contributed by atoms with van der Waals surface area (Å²) in [6.07, 6.45) is 1.06. The zero-order valence-corrected chi connectivity index (χ0v) is 16.5. The lowest BCUT2D eigenvalue weighted by molar-refractivity contribution is 0.242. The standard InChI is InChI=1S/C23H24N4O/c1-15(2)28-23-8-7-16(11-18(23)13-24)21-12-22(26-25-21)20-6-4-5-17-14-27(3)10-9-19(17)20/h4-8,11-12,15H,9-10,14H2,1-3H3,(H,25,26). The average Bonchev–Trinajstić information content (AvgIpc) is 3.17. The number of likely N-dealkylation sites (N-methyl/N-ethyl adjacent to an activating group) is 1. The number of nitrogens with one attached hydrogen (secondary N) is 1. The van der Waals surface area contributed by atoms with E-state index >= 15 is 0 Å². The van der Waals surface area contributed by atoms with Crippen LogP contribution in [0.3, 0.4) is 0 Å². The molecule has 0 unspecified atom stereocenters. The fourth-order valence-corrected chi connectivity index (χ4v) is 3.74. The topological polar surface area (TPSA) is 64.9 Å². The highest BCUT2D eigenvalue weighted by molar-refractivity contribution is 5.72. The van der Waals surface area contributed by atoms with Crippen molar-refractivity contribution in [2.45, 2.75) is 32.9 Å². The normalized spacial score (nSPS) is 14.0. The monoisotopic (exact) mass is 372 g/mol. The van der Waals surface area contributed by atoms with Crippen molar-refractivity contribution in [2.75, 3.05) is 13.6 Å². The highest BCUT2D eigenvalue weighted by atomic mass is 16.5. The van der Waals surface area contributed by atoms with E-state index in [9.17, 15) is 5.26 Å². The van der Waals surface area contributed by atoms with E-state index in [0.29, 0.717) is 11.3 Å². The highest BCUT2D eigenvalue weighted by Gasteiger charge is 2.18. The van der Waals surface area contributed by atoms with Gasteiger partial charge in [-0.15, -0.1) is 0 Å². The van der Waals surface area contributed by atoms with Gasteiger partial charge in [0.05, 0.1) is 23.1 Å². The molecule has 0 atom stereocenters. The van der Waals surface area contributed by atoms with Crippen LogP contribution in [0.1, 0.15) is 30.5 Å². The van der Waals surface area contributed by atoms with Crippen LogP contribution in [0, 0.1) is 11.3 Å². The van der Waals surface area contributed by atoms with Crippen LogP contribution >= 0.6 is 0 Å². The Bertz CT molecular complexity index is 1040. The van der Waals surface area contributed by atoms with E-state index in [-0.39, 0.29) is 6.10 Å². The second-order valence-corrected chi connectivity index (χ2v) is 7.59. The summed E-state index contributed by atoms with van der Waals surface area (Å²) >= 11 is 0. The van der Waals surface area contributed by atoms with Crippen molar-refractivity contribution in [3.8, 4) is 34.3 Å². The molecule has 2 heterocycles. The highest BCUT2D eigenvalue weighted by Crippen LogP contribution is 2.32. The number of H-pyrrole nitrogens is 1. The summed E-state index contributed by atoms with van der Waals surface area (Å²) in [5, 5.41) is 17.2. The first kappa shape index (κ1) is 18.3. The smallest absolute Gasteiger partial charge is 0.137 e. The van der Waals surface area contributed by atoms with Crippen molar-refractivity contribution in [1.82, 2.24) is 15.1 Å². The molecule has 0 spiro atoms. The lowest BCUT2D eigenvalue weighted by atomic mass is 9.93.